The molecular weight excluding hydrogens is 78.0 g/mol. The number of nitrogens with two attached hydrogens (primary N) is 1. The van der Waals surface area contributed by atoms with Crippen molar-refractivity contribution in [3.05, 3.63) is 0 Å². The van der Waals surface area contributed by atoms with Crippen molar-refractivity contribution < 1.29 is 6.11 Å². The molecule has 0 spiro atoms. The molecule has 0 aliphatic carbocycles. The van der Waals surface area contributed by atoms with E-state index in [1.54, 1.807) is 6.92 Å². The van der Waals surface area contributed by atoms with E-state index in [2.05, 4.69) is 4.74 Å². The maximum absolute atomic E-state index is 6.98. The highest BCUT2D eigenvalue weighted by atomic mass is 16.5. The number of methoxy groups -OCH3 is 1. The lowest BCUT2D eigenvalue weighted by Crippen LogP contribution is -2.20. The Hall–Kier alpha value is -0.0800. The summed E-state index contributed by atoms with van der Waals surface area (Å²) in [5.74, 6) is 0. The van der Waals surface area contributed by atoms with Gasteiger partial charge in [-0.1, -0.05) is 0 Å². The van der Waals surface area contributed by atoms with Crippen LogP contribution in [-0.4, -0.2) is 19.7 Å². The fourth-order valence-corrected chi connectivity index (χ4v) is 0.228. The fourth-order valence-electron chi connectivity index (χ4n) is 0.228. The molecule has 2 heteroatoms. The van der Waals surface area contributed by atoms with Crippen molar-refractivity contribution in [2.75, 3.05) is 13.7 Å². The third kappa shape index (κ3) is 3.92. The van der Waals surface area contributed by atoms with Crippen LogP contribution in [-0.2, 0) is 4.74 Å². The molecule has 0 saturated carbocycles. The predicted octanol–water partition coefficient (Wildman–Crippen LogP) is -0.0200. The molecule has 0 aromatic rings. The predicted molar refractivity (Wildman–Crippen MR) is 25.5 cm³/mol. The monoisotopic (exact) mass is 90.1 g/mol. The first-order valence-corrected chi connectivity index (χ1v) is 1.84. The molecule has 2 N–H and O–H groups in total. The lowest BCUT2D eigenvalue weighted by Gasteiger charge is -1.98. The lowest BCUT2D eigenvalue weighted by atomic mass is 10.4. The third-order valence-corrected chi connectivity index (χ3v) is 0.372. The number of ether oxygens (including phenoxy) is 1. The van der Waals surface area contributed by atoms with E-state index < -0.39 is 6.02 Å². The molecule has 0 aromatic heterocycles. The van der Waals surface area contributed by atoms with Crippen LogP contribution in [0, 0.1) is 0 Å². The van der Waals surface area contributed by atoms with Gasteiger partial charge in [0.2, 0.25) is 0 Å². The zero-order valence-electron chi connectivity index (χ0n) is 5.19. The summed E-state index contributed by atoms with van der Waals surface area (Å²) >= 11 is 0. The first kappa shape index (κ1) is 4.09. The Morgan fingerprint density at radius 3 is 2.67 bits per heavy atom. The first-order chi connectivity index (χ1) is 3.06. The van der Waals surface area contributed by atoms with Gasteiger partial charge in [-0.2, -0.15) is 0 Å². The molecule has 0 fully saturated rings. The molecule has 0 unspecified atom stereocenters. The Morgan fingerprint density at radius 1 is 2.17 bits per heavy atom. The van der Waals surface area contributed by atoms with E-state index in [0.717, 1.165) is 0 Å². The third-order valence-electron chi connectivity index (χ3n) is 0.372. The number of rotatable bonds is 2. The Kier molecular flexibility index (Phi) is 2.13. The molecular formula is C4H11NO. The highest BCUT2D eigenvalue weighted by molar-refractivity contribution is 4.45. The van der Waals surface area contributed by atoms with Gasteiger partial charge in [0.25, 0.3) is 0 Å². The molecule has 0 heterocycles. The van der Waals surface area contributed by atoms with Crippen LogP contribution in [0.5, 0.6) is 0 Å². The Bertz CT molecular complexity index is 50.1. The standard InChI is InChI=1S/C4H11NO/c1-4(5)3-6-2/h4H,3,5H2,1-2H3/t4-/m0/s1/i4D. The van der Waals surface area contributed by atoms with Crippen LogP contribution >= 0.6 is 0 Å². The van der Waals surface area contributed by atoms with Crippen LogP contribution in [0.1, 0.15) is 8.29 Å². The van der Waals surface area contributed by atoms with Crippen molar-refractivity contribution in [1.29, 1.82) is 0 Å². The van der Waals surface area contributed by atoms with Crippen molar-refractivity contribution in [3.8, 4) is 0 Å². The van der Waals surface area contributed by atoms with Gasteiger partial charge < -0.3 is 10.5 Å². The van der Waals surface area contributed by atoms with Crippen LogP contribution < -0.4 is 5.73 Å². The summed E-state index contributed by atoms with van der Waals surface area (Å²) in [4.78, 5) is 0. The summed E-state index contributed by atoms with van der Waals surface area (Å²) < 4.78 is 11.6. The van der Waals surface area contributed by atoms with Gasteiger partial charge in [0, 0.05) is 14.5 Å². The average molecular weight is 90.1 g/mol. The molecule has 0 amide bonds. The molecule has 6 heavy (non-hydrogen) atoms. The van der Waals surface area contributed by atoms with E-state index in [1.807, 2.05) is 0 Å². The first-order valence-electron chi connectivity index (χ1n) is 2.34. The molecule has 0 rings (SSSR count). The van der Waals surface area contributed by atoms with Crippen molar-refractivity contribution in [1.82, 2.24) is 0 Å². The Balaban J connectivity index is 3.15. The summed E-state index contributed by atoms with van der Waals surface area (Å²) in [6, 6.07) is -0.922. The number of hydrogen-bond acceptors (Lipinski definition) is 2. The molecule has 0 radical (unpaired) electrons. The van der Waals surface area contributed by atoms with Crippen LogP contribution in [0.25, 0.3) is 0 Å². The van der Waals surface area contributed by atoms with Crippen molar-refractivity contribution in [2.45, 2.75) is 12.9 Å². The zero-order valence-corrected chi connectivity index (χ0v) is 4.19. The topological polar surface area (TPSA) is 35.2 Å². The molecule has 0 aliphatic heterocycles. The van der Waals surface area contributed by atoms with Gasteiger partial charge in [-0.3, -0.25) is 0 Å². The largest absolute Gasteiger partial charge is 0.383 e. The van der Waals surface area contributed by atoms with E-state index in [9.17, 15) is 0 Å². The Labute approximate surface area is 39.7 Å². The lowest BCUT2D eigenvalue weighted by molar-refractivity contribution is 0.185. The fraction of sp³-hybridized carbons (Fsp3) is 1.00. The van der Waals surface area contributed by atoms with Gasteiger partial charge in [0.1, 0.15) is 0 Å². The van der Waals surface area contributed by atoms with Gasteiger partial charge in [0.05, 0.1) is 6.61 Å². The van der Waals surface area contributed by atoms with E-state index in [1.165, 1.54) is 7.11 Å². The molecule has 0 bridgehead atoms. The summed E-state index contributed by atoms with van der Waals surface area (Å²) in [7, 11) is 1.53. The second-order valence-electron chi connectivity index (χ2n) is 1.28. The van der Waals surface area contributed by atoms with E-state index in [-0.39, 0.29) is 6.61 Å². The highest BCUT2D eigenvalue weighted by Gasteiger charge is 1.85. The minimum atomic E-state index is -0.922. The van der Waals surface area contributed by atoms with Gasteiger partial charge in [0.15, 0.2) is 0 Å². The van der Waals surface area contributed by atoms with Gasteiger partial charge in [-0.15, -0.1) is 0 Å². The van der Waals surface area contributed by atoms with Crippen LogP contribution in [0.4, 0.5) is 0 Å². The smallest absolute Gasteiger partial charge is 0.0611 e. The van der Waals surface area contributed by atoms with E-state index in [0.29, 0.717) is 0 Å². The molecule has 0 aliphatic rings. The quantitative estimate of drug-likeness (QED) is 0.517. The maximum atomic E-state index is 6.98. The van der Waals surface area contributed by atoms with Crippen LogP contribution in [0.2, 0.25) is 0 Å². The van der Waals surface area contributed by atoms with E-state index >= 15 is 0 Å². The van der Waals surface area contributed by atoms with Crippen molar-refractivity contribution in [2.24, 2.45) is 5.73 Å². The normalized spacial score (nSPS) is 22.2. The number of hydrogen-bond donors (Lipinski definition) is 1. The van der Waals surface area contributed by atoms with Crippen molar-refractivity contribution >= 4 is 0 Å². The minimum Gasteiger partial charge on any atom is -0.383 e. The van der Waals surface area contributed by atoms with Gasteiger partial charge in [-0.05, 0) is 6.92 Å². The molecule has 0 aromatic carbocycles. The van der Waals surface area contributed by atoms with Crippen molar-refractivity contribution in [3.63, 3.8) is 0 Å². The zero-order chi connectivity index (χ0) is 5.91. The molecule has 0 saturated heterocycles. The second-order valence-corrected chi connectivity index (χ2v) is 1.28. The van der Waals surface area contributed by atoms with Gasteiger partial charge >= 0.3 is 0 Å². The van der Waals surface area contributed by atoms with E-state index in [4.69, 9.17) is 7.10 Å². The summed E-state index contributed by atoms with van der Waals surface area (Å²) in [5, 5.41) is 0. The SMILES string of the molecule is [2H][C@@](C)(N)COC. The summed E-state index contributed by atoms with van der Waals surface area (Å²) in [6.45, 7) is 1.88. The Morgan fingerprint density at radius 2 is 2.67 bits per heavy atom. The summed E-state index contributed by atoms with van der Waals surface area (Å²) in [6.07, 6.45) is 0. The summed E-state index contributed by atoms with van der Waals surface area (Å²) in [5.41, 5.74) is 5.19. The highest BCUT2D eigenvalue weighted by Crippen LogP contribution is 1.71. The van der Waals surface area contributed by atoms with Crippen LogP contribution in [0.15, 0.2) is 0 Å². The minimum absolute atomic E-state index is 0.285. The van der Waals surface area contributed by atoms with Crippen LogP contribution in [0.3, 0.4) is 0 Å². The van der Waals surface area contributed by atoms with Gasteiger partial charge in [-0.25, -0.2) is 0 Å². The molecule has 1 atom stereocenters. The molecule has 2 nitrogen and oxygen atoms in total. The second kappa shape index (κ2) is 3.12. The maximum Gasteiger partial charge on any atom is 0.0611 e. The molecule has 38 valence electrons. The average Bonchev–Trinajstić information content (AvgIpc) is 1.30.